The second-order valence-electron chi connectivity index (χ2n) is 3.37. The molecule has 0 aromatic carbocycles. The highest BCUT2D eigenvalue weighted by molar-refractivity contribution is 5.69. The number of likely N-dealkylation sites (N-methyl/N-ethyl adjacent to an activating group) is 1. The van der Waals surface area contributed by atoms with Crippen LogP contribution in [0.3, 0.4) is 0 Å². The molecule has 1 aromatic heterocycles. The fraction of sp³-hybridized carbons (Fsp3) is 0.455. The fourth-order valence-electron chi connectivity index (χ4n) is 1.44. The topological polar surface area (TPSA) is 62.7 Å². The first-order chi connectivity index (χ1) is 7.67. The molecule has 1 heterocycles. The minimum Gasteiger partial charge on any atom is -0.481 e. The van der Waals surface area contributed by atoms with Crippen LogP contribution >= 0.6 is 0 Å². The molecule has 0 aliphatic heterocycles. The highest BCUT2D eigenvalue weighted by atomic mass is 16.5. The predicted octanol–water partition coefficient (Wildman–Crippen LogP) is 0.997. The van der Waals surface area contributed by atoms with Gasteiger partial charge in [0, 0.05) is 18.3 Å². The maximum atomic E-state index is 10.6. The van der Waals surface area contributed by atoms with E-state index < -0.39 is 5.97 Å². The van der Waals surface area contributed by atoms with E-state index in [9.17, 15) is 4.79 Å². The van der Waals surface area contributed by atoms with E-state index in [0.29, 0.717) is 19.0 Å². The van der Waals surface area contributed by atoms with Gasteiger partial charge in [-0.2, -0.15) is 0 Å². The molecule has 0 atom stereocenters. The minimum absolute atomic E-state index is 0.0224. The van der Waals surface area contributed by atoms with Crippen molar-refractivity contribution in [2.45, 2.75) is 13.5 Å². The summed E-state index contributed by atoms with van der Waals surface area (Å²) in [5.41, 5.74) is 0.896. The average Bonchev–Trinajstić information content (AvgIpc) is 2.28. The highest BCUT2D eigenvalue weighted by Crippen LogP contribution is 2.15. The van der Waals surface area contributed by atoms with Crippen LogP contribution < -0.4 is 4.74 Å². The molecule has 0 radical (unpaired) electrons. The summed E-state index contributed by atoms with van der Waals surface area (Å²) in [5, 5.41) is 8.73. The molecule has 0 bridgehead atoms. The van der Waals surface area contributed by atoms with Crippen LogP contribution in [0.2, 0.25) is 0 Å². The van der Waals surface area contributed by atoms with E-state index in [2.05, 4.69) is 4.98 Å². The van der Waals surface area contributed by atoms with Crippen LogP contribution in [0.25, 0.3) is 0 Å². The van der Waals surface area contributed by atoms with Gasteiger partial charge in [0.15, 0.2) is 0 Å². The van der Waals surface area contributed by atoms with Gasteiger partial charge in [-0.15, -0.1) is 0 Å². The molecule has 1 N–H and O–H groups in total. The number of carboxylic acid groups (broad SMARTS) is 1. The molecule has 1 aromatic rings. The zero-order valence-corrected chi connectivity index (χ0v) is 9.51. The van der Waals surface area contributed by atoms with Crippen LogP contribution in [0.5, 0.6) is 5.88 Å². The van der Waals surface area contributed by atoms with Gasteiger partial charge >= 0.3 is 5.97 Å². The van der Waals surface area contributed by atoms with E-state index in [4.69, 9.17) is 9.84 Å². The largest absolute Gasteiger partial charge is 0.481 e. The summed E-state index contributed by atoms with van der Waals surface area (Å²) in [4.78, 5) is 16.5. The second-order valence-corrected chi connectivity index (χ2v) is 3.37. The maximum absolute atomic E-state index is 10.6. The molecule has 16 heavy (non-hydrogen) atoms. The smallest absolute Gasteiger partial charge is 0.317 e. The van der Waals surface area contributed by atoms with E-state index in [1.807, 2.05) is 24.0 Å². The van der Waals surface area contributed by atoms with E-state index in [1.54, 1.807) is 13.3 Å². The molecular weight excluding hydrogens is 208 g/mol. The molecule has 88 valence electrons. The monoisotopic (exact) mass is 224 g/mol. The number of methoxy groups -OCH3 is 1. The Hall–Kier alpha value is -1.62. The number of aliphatic carboxylic acids is 1. The number of pyridine rings is 1. The molecule has 0 unspecified atom stereocenters. The van der Waals surface area contributed by atoms with Crippen molar-refractivity contribution in [3.8, 4) is 5.88 Å². The summed E-state index contributed by atoms with van der Waals surface area (Å²) < 4.78 is 5.11. The van der Waals surface area contributed by atoms with Gasteiger partial charge in [0.2, 0.25) is 5.88 Å². The Balaban J connectivity index is 2.73. The summed E-state index contributed by atoms with van der Waals surface area (Å²) in [5.74, 6) is -0.281. The zero-order chi connectivity index (χ0) is 12.0. The predicted molar refractivity (Wildman–Crippen MR) is 59.4 cm³/mol. The van der Waals surface area contributed by atoms with Crippen LogP contribution in [0.4, 0.5) is 0 Å². The van der Waals surface area contributed by atoms with Gasteiger partial charge in [-0.3, -0.25) is 9.69 Å². The van der Waals surface area contributed by atoms with Crippen molar-refractivity contribution in [1.29, 1.82) is 0 Å². The lowest BCUT2D eigenvalue weighted by molar-refractivity contribution is -0.138. The Morgan fingerprint density at radius 1 is 1.62 bits per heavy atom. The van der Waals surface area contributed by atoms with Crippen molar-refractivity contribution in [3.05, 3.63) is 23.9 Å². The first-order valence-electron chi connectivity index (χ1n) is 5.09. The second kappa shape index (κ2) is 6.07. The number of carbonyl (C=O) groups is 1. The van der Waals surface area contributed by atoms with Gasteiger partial charge < -0.3 is 9.84 Å². The van der Waals surface area contributed by atoms with Crippen molar-refractivity contribution in [2.75, 3.05) is 20.2 Å². The Morgan fingerprint density at radius 2 is 2.38 bits per heavy atom. The van der Waals surface area contributed by atoms with Crippen molar-refractivity contribution in [1.82, 2.24) is 9.88 Å². The quantitative estimate of drug-likeness (QED) is 0.781. The molecule has 0 amide bonds. The molecule has 0 aliphatic carbocycles. The van der Waals surface area contributed by atoms with Gasteiger partial charge in [-0.1, -0.05) is 13.0 Å². The lowest BCUT2D eigenvalue weighted by Crippen LogP contribution is -2.29. The Kier molecular flexibility index (Phi) is 4.72. The number of nitrogens with zero attached hydrogens (tertiary/aromatic N) is 2. The fourth-order valence-corrected chi connectivity index (χ4v) is 1.44. The van der Waals surface area contributed by atoms with Crippen LogP contribution in [-0.4, -0.2) is 41.2 Å². The maximum Gasteiger partial charge on any atom is 0.317 e. The molecule has 0 saturated carbocycles. The number of carboxylic acids is 1. The molecule has 0 spiro atoms. The summed E-state index contributed by atoms with van der Waals surface area (Å²) >= 11 is 0. The minimum atomic E-state index is -0.829. The third-order valence-electron chi connectivity index (χ3n) is 2.24. The van der Waals surface area contributed by atoms with Gasteiger partial charge in [0.25, 0.3) is 0 Å². The van der Waals surface area contributed by atoms with Crippen LogP contribution in [0.1, 0.15) is 12.5 Å². The normalized spacial score (nSPS) is 10.4. The number of aromatic nitrogens is 1. The summed E-state index contributed by atoms with van der Waals surface area (Å²) in [6.07, 6.45) is 1.65. The first kappa shape index (κ1) is 12.4. The average molecular weight is 224 g/mol. The molecule has 0 fully saturated rings. The Morgan fingerprint density at radius 3 is 2.94 bits per heavy atom. The van der Waals surface area contributed by atoms with Crippen molar-refractivity contribution < 1.29 is 14.6 Å². The van der Waals surface area contributed by atoms with Gasteiger partial charge in [0.05, 0.1) is 13.7 Å². The van der Waals surface area contributed by atoms with Crippen molar-refractivity contribution in [3.63, 3.8) is 0 Å². The summed E-state index contributed by atoms with van der Waals surface area (Å²) in [6.45, 7) is 3.14. The Bertz CT molecular complexity index is 355. The van der Waals surface area contributed by atoms with Gasteiger partial charge in [0.1, 0.15) is 0 Å². The molecule has 0 saturated heterocycles. The summed E-state index contributed by atoms with van der Waals surface area (Å²) in [6, 6.07) is 3.70. The van der Waals surface area contributed by atoms with E-state index >= 15 is 0 Å². The van der Waals surface area contributed by atoms with Gasteiger partial charge in [-0.25, -0.2) is 4.98 Å². The lowest BCUT2D eigenvalue weighted by Gasteiger charge is -2.18. The van der Waals surface area contributed by atoms with Crippen LogP contribution in [0.15, 0.2) is 18.3 Å². The number of hydrogen-bond donors (Lipinski definition) is 1. The number of hydrogen-bond acceptors (Lipinski definition) is 4. The lowest BCUT2D eigenvalue weighted by atomic mass is 10.2. The third kappa shape index (κ3) is 3.51. The molecule has 5 heteroatoms. The molecular formula is C11H16N2O3. The summed E-state index contributed by atoms with van der Waals surface area (Å²) in [7, 11) is 1.55. The number of rotatable bonds is 6. The van der Waals surface area contributed by atoms with Crippen LogP contribution in [0, 0.1) is 0 Å². The Labute approximate surface area is 94.7 Å². The van der Waals surface area contributed by atoms with E-state index in [1.165, 1.54) is 0 Å². The SMILES string of the molecule is CCN(CC(=O)O)Cc1cccnc1OC. The highest BCUT2D eigenvalue weighted by Gasteiger charge is 2.11. The number of ether oxygens (including phenoxy) is 1. The third-order valence-corrected chi connectivity index (χ3v) is 2.24. The standard InChI is InChI=1S/C11H16N2O3/c1-3-13(8-10(14)15)7-9-5-4-6-12-11(9)16-2/h4-6H,3,7-8H2,1-2H3,(H,14,15). The van der Waals surface area contributed by atoms with Gasteiger partial charge in [-0.05, 0) is 12.6 Å². The zero-order valence-electron chi connectivity index (χ0n) is 9.51. The van der Waals surface area contributed by atoms with Crippen molar-refractivity contribution in [2.24, 2.45) is 0 Å². The van der Waals surface area contributed by atoms with E-state index in [0.717, 1.165) is 5.56 Å². The van der Waals surface area contributed by atoms with E-state index in [-0.39, 0.29) is 6.54 Å². The molecule has 0 aliphatic rings. The molecule has 5 nitrogen and oxygen atoms in total. The molecule has 1 rings (SSSR count). The van der Waals surface area contributed by atoms with Crippen molar-refractivity contribution >= 4 is 5.97 Å². The first-order valence-corrected chi connectivity index (χ1v) is 5.09. The van der Waals surface area contributed by atoms with Crippen LogP contribution in [-0.2, 0) is 11.3 Å².